The third kappa shape index (κ3) is 3.31. The van der Waals surface area contributed by atoms with Crippen molar-refractivity contribution in [2.75, 3.05) is 5.73 Å². The van der Waals surface area contributed by atoms with E-state index in [0.717, 1.165) is 6.07 Å². The van der Waals surface area contributed by atoms with Crippen LogP contribution >= 0.6 is 0 Å². The van der Waals surface area contributed by atoms with Gasteiger partial charge in [0, 0.05) is 6.54 Å². The van der Waals surface area contributed by atoms with Crippen LogP contribution in [0.3, 0.4) is 0 Å². The zero-order chi connectivity index (χ0) is 14.8. The Hall–Kier alpha value is -1.99. The first-order valence-electron chi connectivity index (χ1n) is 5.67. The first-order chi connectivity index (χ1) is 9.38. The summed E-state index contributed by atoms with van der Waals surface area (Å²) in [6.45, 7) is -0.0912. The highest BCUT2D eigenvalue weighted by Gasteiger charge is 2.15. The van der Waals surface area contributed by atoms with Crippen LogP contribution in [-0.4, -0.2) is 8.42 Å². The summed E-state index contributed by atoms with van der Waals surface area (Å²) in [5.41, 5.74) is 5.61. The number of nitrogens with two attached hydrogens (primary N) is 1. The van der Waals surface area contributed by atoms with Crippen LogP contribution in [0.2, 0.25) is 0 Å². The smallest absolute Gasteiger partial charge is 0.240 e. The molecule has 0 spiro atoms. The average molecular weight is 298 g/mol. The molecule has 0 aliphatic rings. The third-order valence-corrected chi connectivity index (χ3v) is 4.04. The topological polar surface area (TPSA) is 72.2 Å². The van der Waals surface area contributed by atoms with E-state index in [2.05, 4.69) is 4.72 Å². The lowest BCUT2D eigenvalue weighted by atomic mass is 10.2. The molecule has 0 heterocycles. The second-order valence-corrected chi connectivity index (χ2v) is 5.90. The average Bonchev–Trinajstić information content (AvgIpc) is 2.40. The van der Waals surface area contributed by atoms with Crippen molar-refractivity contribution >= 4 is 15.7 Å². The minimum atomic E-state index is -3.88. The highest BCUT2D eigenvalue weighted by atomic mass is 32.2. The molecule has 0 bridgehead atoms. The Bertz CT molecular complexity index is 733. The summed E-state index contributed by atoms with van der Waals surface area (Å²) in [6.07, 6.45) is 0. The van der Waals surface area contributed by atoms with Gasteiger partial charge < -0.3 is 5.73 Å². The maximum Gasteiger partial charge on any atom is 0.240 e. The first-order valence-corrected chi connectivity index (χ1v) is 7.16. The van der Waals surface area contributed by atoms with Crippen molar-refractivity contribution in [3.63, 3.8) is 0 Å². The molecule has 106 valence electrons. The van der Waals surface area contributed by atoms with Crippen molar-refractivity contribution in [2.24, 2.45) is 0 Å². The minimum Gasteiger partial charge on any atom is -0.396 e. The van der Waals surface area contributed by atoms with Gasteiger partial charge in [0.2, 0.25) is 10.0 Å². The van der Waals surface area contributed by atoms with E-state index in [-0.39, 0.29) is 17.1 Å². The predicted molar refractivity (Wildman–Crippen MR) is 71.2 cm³/mol. The standard InChI is InChI=1S/C13H12F2N2O2S/c14-10-3-1-2-9(6-10)8-17-20(18,19)11-4-5-13(16)12(15)7-11/h1-7,17H,8,16H2. The summed E-state index contributed by atoms with van der Waals surface area (Å²) in [5, 5.41) is 0. The van der Waals surface area contributed by atoms with Gasteiger partial charge in [-0.05, 0) is 35.9 Å². The number of rotatable bonds is 4. The van der Waals surface area contributed by atoms with Crippen LogP contribution in [0, 0.1) is 11.6 Å². The van der Waals surface area contributed by atoms with Gasteiger partial charge in [-0.25, -0.2) is 21.9 Å². The molecule has 0 unspecified atom stereocenters. The molecule has 0 radical (unpaired) electrons. The molecule has 2 aromatic carbocycles. The summed E-state index contributed by atoms with van der Waals surface area (Å²) in [7, 11) is -3.88. The van der Waals surface area contributed by atoms with E-state index in [0.29, 0.717) is 5.56 Å². The van der Waals surface area contributed by atoms with Gasteiger partial charge in [0.25, 0.3) is 0 Å². The SMILES string of the molecule is Nc1ccc(S(=O)(=O)NCc2cccc(F)c2)cc1F. The van der Waals surface area contributed by atoms with Gasteiger partial charge in [-0.1, -0.05) is 12.1 Å². The molecular weight excluding hydrogens is 286 g/mol. The number of nitrogen functional groups attached to an aromatic ring is 1. The van der Waals surface area contributed by atoms with Gasteiger partial charge in [0.15, 0.2) is 0 Å². The number of anilines is 1. The fraction of sp³-hybridized carbons (Fsp3) is 0.0769. The zero-order valence-corrected chi connectivity index (χ0v) is 11.1. The van der Waals surface area contributed by atoms with E-state index in [9.17, 15) is 17.2 Å². The predicted octanol–water partition coefficient (Wildman–Crippen LogP) is 2.03. The molecule has 0 fully saturated rings. The molecule has 0 atom stereocenters. The Morgan fingerprint density at radius 1 is 1.10 bits per heavy atom. The Morgan fingerprint density at radius 3 is 2.50 bits per heavy atom. The molecule has 20 heavy (non-hydrogen) atoms. The number of hydrogen-bond donors (Lipinski definition) is 2. The van der Waals surface area contributed by atoms with Crippen LogP contribution in [0.5, 0.6) is 0 Å². The minimum absolute atomic E-state index is 0.0912. The fourth-order valence-corrected chi connectivity index (χ4v) is 2.61. The van der Waals surface area contributed by atoms with E-state index in [1.54, 1.807) is 6.07 Å². The van der Waals surface area contributed by atoms with Crippen molar-refractivity contribution in [1.82, 2.24) is 4.72 Å². The maximum atomic E-state index is 13.3. The van der Waals surface area contributed by atoms with Gasteiger partial charge >= 0.3 is 0 Å². The van der Waals surface area contributed by atoms with Crippen molar-refractivity contribution in [1.29, 1.82) is 0 Å². The number of hydrogen-bond acceptors (Lipinski definition) is 3. The summed E-state index contributed by atoms with van der Waals surface area (Å²) in [5.74, 6) is -1.26. The summed E-state index contributed by atoms with van der Waals surface area (Å²) >= 11 is 0. The molecule has 0 aromatic heterocycles. The van der Waals surface area contributed by atoms with E-state index >= 15 is 0 Å². The summed E-state index contributed by atoms with van der Waals surface area (Å²) in [4.78, 5) is -0.236. The lowest BCUT2D eigenvalue weighted by Gasteiger charge is -2.08. The van der Waals surface area contributed by atoms with Crippen molar-refractivity contribution in [2.45, 2.75) is 11.4 Å². The molecule has 4 nitrogen and oxygen atoms in total. The Morgan fingerprint density at radius 2 is 1.85 bits per heavy atom. The molecular formula is C13H12F2N2O2S. The molecule has 0 saturated heterocycles. The lowest BCUT2D eigenvalue weighted by Crippen LogP contribution is -2.23. The van der Waals surface area contributed by atoms with E-state index in [4.69, 9.17) is 5.73 Å². The molecule has 0 saturated carbocycles. The number of nitrogens with one attached hydrogen (secondary N) is 1. The Balaban J connectivity index is 2.17. The van der Waals surface area contributed by atoms with Crippen molar-refractivity contribution in [3.05, 3.63) is 59.7 Å². The molecule has 7 heteroatoms. The van der Waals surface area contributed by atoms with Crippen molar-refractivity contribution in [3.8, 4) is 0 Å². The second-order valence-electron chi connectivity index (χ2n) is 4.14. The number of halogens is 2. The quantitative estimate of drug-likeness (QED) is 0.848. The van der Waals surface area contributed by atoms with E-state index < -0.39 is 21.7 Å². The van der Waals surface area contributed by atoms with Gasteiger partial charge in [0.1, 0.15) is 11.6 Å². The van der Waals surface area contributed by atoms with E-state index in [1.165, 1.54) is 30.3 Å². The Labute approximate surface area is 115 Å². The van der Waals surface area contributed by atoms with Crippen LogP contribution in [0.1, 0.15) is 5.56 Å². The molecule has 2 aromatic rings. The fourth-order valence-electron chi connectivity index (χ4n) is 1.58. The van der Waals surface area contributed by atoms with Crippen LogP contribution < -0.4 is 10.5 Å². The Kier molecular flexibility index (Phi) is 4.01. The first kappa shape index (κ1) is 14.4. The van der Waals surface area contributed by atoms with Crippen LogP contribution in [0.4, 0.5) is 14.5 Å². The van der Waals surface area contributed by atoms with E-state index in [1.807, 2.05) is 0 Å². The van der Waals surface area contributed by atoms with Crippen LogP contribution in [0.15, 0.2) is 47.4 Å². The highest BCUT2D eigenvalue weighted by Crippen LogP contribution is 2.16. The monoisotopic (exact) mass is 298 g/mol. The van der Waals surface area contributed by atoms with Gasteiger partial charge in [-0.2, -0.15) is 0 Å². The molecule has 3 N–H and O–H groups in total. The molecule has 0 aliphatic carbocycles. The maximum absolute atomic E-state index is 13.3. The van der Waals surface area contributed by atoms with Crippen LogP contribution in [0.25, 0.3) is 0 Å². The highest BCUT2D eigenvalue weighted by molar-refractivity contribution is 7.89. The zero-order valence-electron chi connectivity index (χ0n) is 10.3. The van der Waals surface area contributed by atoms with Gasteiger partial charge in [-0.3, -0.25) is 0 Å². The third-order valence-electron chi connectivity index (χ3n) is 2.64. The van der Waals surface area contributed by atoms with Gasteiger partial charge in [-0.15, -0.1) is 0 Å². The summed E-state index contributed by atoms with van der Waals surface area (Å²) in [6, 6.07) is 8.73. The lowest BCUT2D eigenvalue weighted by molar-refractivity contribution is 0.577. The summed E-state index contributed by atoms with van der Waals surface area (Å²) < 4.78 is 52.4. The molecule has 0 aliphatic heterocycles. The van der Waals surface area contributed by atoms with Crippen LogP contribution in [-0.2, 0) is 16.6 Å². The molecule has 2 rings (SSSR count). The number of sulfonamides is 1. The normalized spacial score (nSPS) is 11.5. The largest absolute Gasteiger partial charge is 0.396 e. The second kappa shape index (κ2) is 5.56. The molecule has 0 amide bonds. The van der Waals surface area contributed by atoms with Gasteiger partial charge in [0.05, 0.1) is 10.6 Å². The van der Waals surface area contributed by atoms with Crippen molar-refractivity contribution < 1.29 is 17.2 Å². The number of benzene rings is 2.